The van der Waals surface area contributed by atoms with E-state index in [1.807, 2.05) is 30.3 Å². The van der Waals surface area contributed by atoms with Crippen LogP contribution in [0.5, 0.6) is 0 Å². The lowest BCUT2D eigenvalue weighted by Gasteiger charge is -2.45. The zero-order valence-electron chi connectivity index (χ0n) is 19.1. The number of nitrogens with one attached hydrogen (secondary N) is 1. The number of aliphatic hydroxyl groups is 1. The van der Waals surface area contributed by atoms with Crippen LogP contribution in [0.15, 0.2) is 30.3 Å². The molecule has 2 fully saturated rings. The Morgan fingerprint density at radius 1 is 1.19 bits per heavy atom. The van der Waals surface area contributed by atoms with Crippen molar-refractivity contribution in [2.24, 2.45) is 23.5 Å². The van der Waals surface area contributed by atoms with Crippen molar-refractivity contribution in [2.45, 2.75) is 69.6 Å². The van der Waals surface area contributed by atoms with E-state index in [-0.39, 0.29) is 17.9 Å². The van der Waals surface area contributed by atoms with Gasteiger partial charge in [-0.2, -0.15) is 0 Å². The maximum absolute atomic E-state index is 13.1. The van der Waals surface area contributed by atoms with Gasteiger partial charge in [-0.05, 0) is 62.5 Å². The van der Waals surface area contributed by atoms with Gasteiger partial charge < -0.3 is 25.6 Å². The second-order valence-electron chi connectivity index (χ2n) is 9.18. The SMILES string of the molecule is COC(=O)[C@H](Cc1ccccc1)NC(=O)C1CC2CCCC(OCCCCN)C2CC1O. The zero-order chi connectivity index (χ0) is 22.9. The van der Waals surface area contributed by atoms with Crippen molar-refractivity contribution in [3.8, 4) is 0 Å². The lowest BCUT2D eigenvalue weighted by Crippen LogP contribution is -2.52. The van der Waals surface area contributed by atoms with Crippen LogP contribution in [-0.2, 0) is 25.5 Å². The van der Waals surface area contributed by atoms with E-state index in [1.54, 1.807) is 0 Å². The predicted octanol–water partition coefficient (Wildman–Crippen LogP) is 2.20. The van der Waals surface area contributed by atoms with E-state index in [0.29, 0.717) is 38.3 Å². The third-order valence-electron chi connectivity index (χ3n) is 7.03. The molecule has 32 heavy (non-hydrogen) atoms. The molecule has 2 aliphatic carbocycles. The highest BCUT2D eigenvalue weighted by atomic mass is 16.5. The Morgan fingerprint density at radius 3 is 2.69 bits per heavy atom. The Kier molecular flexibility index (Phi) is 9.51. The largest absolute Gasteiger partial charge is 0.467 e. The van der Waals surface area contributed by atoms with Crippen LogP contribution in [-0.4, -0.2) is 55.5 Å². The van der Waals surface area contributed by atoms with Crippen molar-refractivity contribution in [2.75, 3.05) is 20.3 Å². The quantitative estimate of drug-likeness (QED) is 0.375. The summed E-state index contributed by atoms with van der Waals surface area (Å²) in [7, 11) is 1.32. The Hall–Kier alpha value is -1.96. The topological polar surface area (TPSA) is 111 Å². The van der Waals surface area contributed by atoms with Crippen molar-refractivity contribution < 1.29 is 24.2 Å². The summed E-state index contributed by atoms with van der Waals surface area (Å²) < 4.78 is 11.1. The average Bonchev–Trinajstić information content (AvgIpc) is 2.81. The minimum Gasteiger partial charge on any atom is -0.467 e. The third-order valence-corrected chi connectivity index (χ3v) is 7.03. The lowest BCUT2D eigenvalue weighted by atomic mass is 9.65. The second kappa shape index (κ2) is 12.3. The van der Waals surface area contributed by atoms with Gasteiger partial charge >= 0.3 is 5.97 Å². The summed E-state index contributed by atoms with van der Waals surface area (Å²) in [4.78, 5) is 25.4. The van der Waals surface area contributed by atoms with Crippen LogP contribution < -0.4 is 11.1 Å². The lowest BCUT2D eigenvalue weighted by molar-refractivity contribution is -0.148. The van der Waals surface area contributed by atoms with E-state index in [0.717, 1.165) is 37.7 Å². The number of unbranched alkanes of at least 4 members (excludes halogenated alkanes) is 1. The molecule has 0 aliphatic heterocycles. The molecule has 0 aromatic heterocycles. The van der Waals surface area contributed by atoms with E-state index >= 15 is 0 Å². The Balaban J connectivity index is 1.60. The molecule has 0 saturated heterocycles. The van der Waals surface area contributed by atoms with E-state index in [9.17, 15) is 14.7 Å². The van der Waals surface area contributed by atoms with Gasteiger partial charge in [0, 0.05) is 13.0 Å². The summed E-state index contributed by atoms with van der Waals surface area (Å²) in [6.45, 7) is 1.37. The van der Waals surface area contributed by atoms with Crippen molar-refractivity contribution in [3.05, 3.63) is 35.9 Å². The molecule has 0 heterocycles. The molecule has 1 aromatic rings. The fourth-order valence-corrected chi connectivity index (χ4v) is 5.31. The number of esters is 1. The minimum absolute atomic E-state index is 0.145. The van der Waals surface area contributed by atoms with E-state index in [1.165, 1.54) is 7.11 Å². The fourth-order valence-electron chi connectivity index (χ4n) is 5.31. The van der Waals surface area contributed by atoms with Crippen molar-refractivity contribution >= 4 is 11.9 Å². The van der Waals surface area contributed by atoms with Gasteiger partial charge in [0.2, 0.25) is 5.91 Å². The van der Waals surface area contributed by atoms with Crippen LogP contribution in [0.4, 0.5) is 0 Å². The molecular weight excluding hydrogens is 408 g/mol. The van der Waals surface area contributed by atoms with Gasteiger partial charge in [0.05, 0.1) is 25.2 Å². The first kappa shape index (κ1) is 24.7. The van der Waals surface area contributed by atoms with Gasteiger partial charge in [-0.25, -0.2) is 4.79 Å². The molecule has 4 N–H and O–H groups in total. The molecule has 5 unspecified atom stereocenters. The zero-order valence-corrected chi connectivity index (χ0v) is 19.1. The van der Waals surface area contributed by atoms with E-state index in [2.05, 4.69) is 5.32 Å². The first-order valence-corrected chi connectivity index (χ1v) is 11.9. The number of hydrogen-bond acceptors (Lipinski definition) is 6. The number of benzene rings is 1. The fraction of sp³-hybridized carbons (Fsp3) is 0.680. The Bertz CT molecular complexity index is 728. The Morgan fingerprint density at radius 2 is 1.97 bits per heavy atom. The number of carbonyl (C=O) groups is 2. The highest BCUT2D eigenvalue weighted by Crippen LogP contribution is 2.44. The summed E-state index contributed by atoms with van der Waals surface area (Å²) in [6.07, 6.45) is 5.99. The first-order chi connectivity index (χ1) is 15.5. The number of aliphatic hydroxyl groups excluding tert-OH is 1. The van der Waals surface area contributed by atoms with Gasteiger partial charge in [0.1, 0.15) is 6.04 Å². The molecular formula is C25H38N2O5. The normalized spacial score (nSPS) is 28.4. The number of nitrogens with two attached hydrogens (primary N) is 1. The number of rotatable bonds is 10. The van der Waals surface area contributed by atoms with Gasteiger partial charge in [-0.1, -0.05) is 36.8 Å². The van der Waals surface area contributed by atoms with Crippen molar-refractivity contribution in [1.82, 2.24) is 5.32 Å². The maximum atomic E-state index is 13.1. The van der Waals surface area contributed by atoms with Gasteiger partial charge in [0.15, 0.2) is 0 Å². The second-order valence-corrected chi connectivity index (χ2v) is 9.18. The summed E-state index contributed by atoms with van der Waals surface area (Å²) >= 11 is 0. The highest BCUT2D eigenvalue weighted by molar-refractivity contribution is 5.86. The number of hydrogen-bond donors (Lipinski definition) is 3. The summed E-state index contributed by atoms with van der Waals surface area (Å²) in [5.74, 6) is -0.632. The van der Waals surface area contributed by atoms with Crippen LogP contribution in [0.3, 0.4) is 0 Å². The molecule has 178 valence electrons. The molecule has 6 atom stereocenters. The maximum Gasteiger partial charge on any atom is 0.328 e. The predicted molar refractivity (Wildman–Crippen MR) is 122 cm³/mol. The highest BCUT2D eigenvalue weighted by Gasteiger charge is 2.45. The van der Waals surface area contributed by atoms with Crippen molar-refractivity contribution in [3.63, 3.8) is 0 Å². The van der Waals surface area contributed by atoms with E-state index in [4.69, 9.17) is 15.2 Å². The van der Waals surface area contributed by atoms with Crippen LogP contribution in [0.1, 0.15) is 50.5 Å². The van der Waals surface area contributed by atoms with Gasteiger partial charge in [-0.3, -0.25) is 4.79 Å². The van der Waals surface area contributed by atoms with Crippen LogP contribution in [0.25, 0.3) is 0 Å². The number of carbonyl (C=O) groups excluding carboxylic acids is 2. The van der Waals surface area contributed by atoms with Crippen molar-refractivity contribution in [1.29, 1.82) is 0 Å². The molecule has 1 aromatic carbocycles. The summed E-state index contributed by atoms with van der Waals surface area (Å²) in [5.41, 5.74) is 6.50. The van der Waals surface area contributed by atoms with Gasteiger partial charge in [0.25, 0.3) is 0 Å². The monoisotopic (exact) mass is 446 g/mol. The minimum atomic E-state index is -0.773. The molecule has 2 aliphatic rings. The summed E-state index contributed by atoms with van der Waals surface area (Å²) in [5, 5.41) is 13.7. The number of ether oxygens (including phenoxy) is 2. The van der Waals surface area contributed by atoms with Gasteiger partial charge in [-0.15, -0.1) is 0 Å². The van der Waals surface area contributed by atoms with Crippen LogP contribution in [0, 0.1) is 17.8 Å². The smallest absolute Gasteiger partial charge is 0.328 e. The van der Waals surface area contributed by atoms with E-state index < -0.39 is 24.0 Å². The molecule has 2 saturated carbocycles. The summed E-state index contributed by atoms with van der Waals surface area (Å²) in [6, 6.07) is 8.76. The number of fused-ring (bicyclic) bond motifs is 1. The molecule has 0 radical (unpaired) electrons. The van der Waals surface area contributed by atoms with Crippen LogP contribution in [0.2, 0.25) is 0 Å². The molecule has 3 rings (SSSR count). The standard InChI is InChI=1S/C25H38N2O5/c1-31-25(30)21(14-17-8-3-2-4-9-17)27-24(29)20-15-18-10-7-11-23(19(18)16-22(20)28)32-13-6-5-12-26/h2-4,8-9,18-23,28H,5-7,10-16,26H2,1H3,(H,27,29)/t18?,19?,20?,21-,22?,23?/m0/s1. The molecule has 0 spiro atoms. The molecule has 7 nitrogen and oxygen atoms in total. The molecule has 0 bridgehead atoms. The number of amides is 1. The van der Waals surface area contributed by atoms with Crippen LogP contribution >= 0.6 is 0 Å². The average molecular weight is 447 g/mol. The molecule has 7 heteroatoms. The Labute approximate surface area is 191 Å². The first-order valence-electron chi connectivity index (χ1n) is 11.9. The number of methoxy groups -OCH3 is 1. The third kappa shape index (κ3) is 6.53. The molecule has 1 amide bonds.